The van der Waals surface area contributed by atoms with Crippen molar-refractivity contribution in [2.45, 2.75) is 0 Å². The zero-order chi connectivity index (χ0) is 6.85. The maximum absolute atomic E-state index is 12.3. The Balaban J connectivity index is 3.22. The number of aromatic nitrogens is 2. The van der Waals surface area contributed by atoms with Crippen LogP contribution in [0, 0.1) is 5.82 Å². The fraction of sp³-hybridized carbons (Fsp3) is 0.200. The van der Waals surface area contributed by atoms with E-state index in [4.69, 9.17) is 0 Å². The van der Waals surface area contributed by atoms with E-state index >= 15 is 0 Å². The summed E-state index contributed by atoms with van der Waals surface area (Å²) in [6.45, 7) is 0. The van der Waals surface area contributed by atoms with Crippen LogP contribution < -0.4 is 0 Å². The fourth-order valence-electron chi connectivity index (χ4n) is 0.553. The Morgan fingerprint density at radius 3 is 2.78 bits per heavy atom. The molecular weight excluding hydrogens is 123 g/mol. The first-order chi connectivity index (χ1) is 4.25. The van der Waals surface area contributed by atoms with Crippen LogP contribution in [0.2, 0.25) is 0 Å². The molecule has 0 aliphatic rings. The van der Waals surface area contributed by atoms with E-state index in [2.05, 4.69) is 5.10 Å². The Morgan fingerprint density at radius 2 is 2.56 bits per heavy atom. The van der Waals surface area contributed by atoms with Gasteiger partial charge in [-0.2, -0.15) is 5.10 Å². The number of nitrogens with zero attached hydrogens (tertiary/aromatic N) is 2. The molecule has 0 saturated carbocycles. The number of carbonyl (C=O) groups is 1. The van der Waals surface area contributed by atoms with Crippen LogP contribution in [0.5, 0.6) is 0 Å². The lowest BCUT2D eigenvalue weighted by Gasteiger charge is -1.87. The number of carbonyl (C=O) groups excluding carboxylic acids is 1. The van der Waals surface area contributed by atoms with Crippen molar-refractivity contribution < 1.29 is 9.18 Å². The summed E-state index contributed by atoms with van der Waals surface area (Å²) in [5.41, 5.74) is -0.0185. The highest BCUT2D eigenvalue weighted by molar-refractivity contribution is 5.72. The third-order valence-electron chi connectivity index (χ3n) is 1.05. The van der Waals surface area contributed by atoms with Crippen molar-refractivity contribution in [2.75, 3.05) is 0 Å². The molecular formula is C5H5FN2O. The number of hydrogen-bond acceptors (Lipinski definition) is 2. The average molecular weight is 128 g/mol. The first-order valence-corrected chi connectivity index (χ1v) is 2.38. The van der Waals surface area contributed by atoms with Gasteiger partial charge >= 0.3 is 0 Å². The van der Waals surface area contributed by atoms with Gasteiger partial charge in [0.1, 0.15) is 5.69 Å². The molecule has 3 nitrogen and oxygen atoms in total. The molecule has 0 aliphatic heterocycles. The van der Waals surface area contributed by atoms with Gasteiger partial charge in [0.25, 0.3) is 0 Å². The number of aryl methyl sites for hydroxylation is 1. The van der Waals surface area contributed by atoms with Crippen LogP contribution in [0.3, 0.4) is 0 Å². The molecule has 0 fully saturated rings. The van der Waals surface area contributed by atoms with E-state index in [9.17, 15) is 9.18 Å². The minimum Gasteiger partial charge on any atom is -0.296 e. The molecule has 0 bridgehead atoms. The van der Waals surface area contributed by atoms with Crippen molar-refractivity contribution >= 4 is 6.29 Å². The summed E-state index contributed by atoms with van der Waals surface area (Å²) in [7, 11) is 1.51. The van der Waals surface area contributed by atoms with E-state index in [0.29, 0.717) is 6.29 Å². The molecule has 0 saturated heterocycles. The highest BCUT2D eigenvalue weighted by atomic mass is 19.1. The van der Waals surface area contributed by atoms with E-state index in [0.717, 1.165) is 6.20 Å². The van der Waals surface area contributed by atoms with E-state index in [1.165, 1.54) is 11.7 Å². The summed E-state index contributed by atoms with van der Waals surface area (Å²) in [5, 5.41) is 3.50. The van der Waals surface area contributed by atoms with Gasteiger partial charge in [-0.05, 0) is 0 Å². The van der Waals surface area contributed by atoms with Crippen molar-refractivity contribution in [1.29, 1.82) is 0 Å². The van der Waals surface area contributed by atoms with Gasteiger partial charge in [-0.1, -0.05) is 0 Å². The molecule has 1 aromatic rings. The van der Waals surface area contributed by atoms with E-state index in [1.54, 1.807) is 0 Å². The third-order valence-corrected chi connectivity index (χ3v) is 1.05. The van der Waals surface area contributed by atoms with E-state index in [-0.39, 0.29) is 5.69 Å². The van der Waals surface area contributed by atoms with Crippen LogP contribution >= 0.6 is 0 Å². The van der Waals surface area contributed by atoms with Gasteiger partial charge in [0, 0.05) is 7.05 Å². The molecule has 9 heavy (non-hydrogen) atoms. The van der Waals surface area contributed by atoms with Gasteiger partial charge in [0.15, 0.2) is 12.1 Å². The van der Waals surface area contributed by atoms with Crippen LogP contribution in [-0.4, -0.2) is 16.1 Å². The summed E-state index contributed by atoms with van der Waals surface area (Å²) in [6.07, 6.45) is 1.44. The highest BCUT2D eigenvalue weighted by Gasteiger charge is 2.03. The molecule has 0 radical (unpaired) electrons. The molecule has 4 heteroatoms. The molecule has 0 aliphatic carbocycles. The predicted molar refractivity (Wildman–Crippen MR) is 28.6 cm³/mol. The average Bonchev–Trinajstić information content (AvgIpc) is 2.12. The molecule has 48 valence electrons. The maximum Gasteiger partial charge on any atom is 0.171 e. The smallest absolute Gasteiger partial charge is 0.171 e. The Bertz CT molecular complexity index is 211. The zero-order valence-corrected chi connectivity index (χ0v) is 4.84. The van der Waals surface area contributed by atoms with Crippen LogP contribution in [0.25, 0.3) is 0 Å². The van der Waals surface area contributed by atoms with Gasteiger partial charge in [0.05, 0.1) is 6.20 Å². The lowest BCUT2D eigenvalue weighted by molar-refractivity contribution is 0.111. The number of halogens is 1. The van der Waals surface area contributed by atoms with Crippen molar-refractivity contribution in [2.24, 2.45) is 7.05 Å². The van der Waals surface area contributed by atoms with Crippen molar-refractivity contribution in [3.8, 4) is 0 Å². The first kappa shape index (κ1) is 5.94. The lowest BCUT2D eigenvalue weighted by Crippen LogP contribution is -1.96. The topological polar surface area (TPSA) is 34.9 Å². The minimum atomic E-state index is -0.576. The van der Waals surface area contributed by atoms with Crippen molar-refractivity contribution in [3.05, 3.63) is 17.7 Å². The van der Waals surface area contributed by atoms with Crippen LogP contribution in [0.15, 0.2) is 6.20 Å². The Morgan fingerprint density at radius 1 is 1.89 bits per heavy atom. The fourth-order valence-corrected chi connectivity index (χ4v) is 0.553. The number of aldehydes is 1. The molecule has 0 atom stereocenters. The molecule has 1 aromatic heterocycles. The minimum absolute atomic E-state index is 0.0185. The SMILES string of the molecule is Cn1ncc(F)c1C=O. The van der Waals surface area contributed by atoms with Gasteiger partial charge in [-0.3, -0.25) is 9.48 Å². The molecule has 0 unspecified atom stereocenters. The highest BCUT2D eigenvalue weighted by Crippen LogP contribution is 1.99. The van der Waals surface area contributed by atoms with Gasteiger partial charge in [-0.25, -0.2) is 4.39 Å². The van der Waals surface area contributed by atoms with Crippen LogP contribution in [0.4, 0.5) is 4.39 Å². The molecule has 0 aromatic carbocycles. The molecule has 0 N–H and O–H groups in total. The molecule has 0 spiro atoms. The van der Waals surface area contributed by atoms with Gasteiger partial charge in [0.2, 0.25) is 0 Å². The number of rotatable bonds is 1. The normalized spacial score (nSPS) is 9.56. The zero-order valence-electron chi connectivity index (χ0n) is 4.84. The van der Waals surface area contributed by atoms with E-state index < -0.39 is 5.82 Å². The van der Waals surface area contributed by atoms with E-state index in [1.807, 2.05) is 0 Å². The van der Waals surface area contributed by atoms with Crippen molar-refractivity contribution in [3.63, 3.8) is 0 Å². The number of hydrogen-bond donors (Lipinski definition) is 0. The lowest BCUT2D eigenvalue weighted by atomic mass is 10.4. The predicted octanol–water partition coefficient (Wildman–Crippen LogP) is 0.372. The Labute approximate surface area is 51.1 Å². The first-order valence-electron chi connectivity index (χ1n) is 2.38. The second kappa shape index (κ2) is 1.97. The molecule has 1 rings (SSSR count). The largest absolute Gasteiger partial charge is 0.296 e. The molecule has 1 heterocycles. The summed E-state index contributed by atoms with van der Waals surface area (Å²) >= 11 is 0. The summed E-state index contributed by atoms with van der Waals surface area (Å²) in [5.74, 6) is -0.576. The Kier molecular flexibility index (Phi) is 1.30. The standard InChI is InChI=1S/C5H5FN2O/c1-8-5(3-9)4(6)2-7-8/h2-3H,1H3. The summed E-state index contributed by atoms with van der Waals surface area (Å²) in [4.78, 5) is 10.0. The van der Waals surface area contributed by atoms with Gasteiger partial charge in [-0.15, -0.1) is 0 Å². The quantitative estimate of drug-likeness (QED) is 0.512. The molecule has 0 amide bonds. The second-order valence-electron chi connectivity index (χ2n) is 1.62. The second-order valence-corrected chi connectivity index (χ2v) is 1.62. The maximum atomic E-state index is 12.3. The monoisotopic (exact) mass is 128 g/mol. The summed E-state index contributed by atoms with van der Waals surface area (Å²) < 4.78 is 13.5. The summed E-state index contributed by atoms with van der Waals surface area (Å²) in [6, 6.07) is 0. The Hall–Kier alpha value is -1.19. The third kappa shape index (κ3) is 0.826. The van der Waals surface area contributed by atoms with Crippen LogP contribution in [-0.2, 0) is 7.05 Å². The van der Waals surface area contributed by atoms with Crippen molar-refractivity contribution in [1.82, 2.24) is 9.78 Å². The van der Waals surface area contributed by atoms with Gasteiger partial charge < -0.3 is 0 Å². The van der Waals surface area contributed by atoms with Crippen LogP contribution in [0.1, 0.15) is 10.5 Å².